The summed E-state index contributed by atoms with van der Waals surface area (Å²) in [7, 11) is 1.90. The Morgan fingerprint density at radius 3 is 2.43 bits per heavy atom. The molecule has 0 aliphatic carbocycles. The number of hydrogen-bond donors (Lipinski definition) is 1. The lowest BCUT2D eigenvalue weighted by atomic mass is 9.89. The van der Waals surface area contributed by atoms with E-state index in [1.807, 2.05) is 37.6 Å². The van der Waals surface area contributed by atoms with Crippen LogP contribution in [0.2, 0.25) is 5.02 Å². The molecule has 28 heavy (non-hydrogen) atoms. The summed E-state index contributed by atoms with van der Waals surface area (Å²) in [5.41, 5.74) is 7.86. The second-order valence-corrected chi connectivity index (χ2v) is 8.06. The largest absolute Gasteiger partial charge is 0.265 e. The number of fused-ring (bicyclic) bond motifs is 1. The number of aromatic nitrogens is 2. The fourth-order valence-electron chi connectivity index (χ4n) is 3.75. The summed E-state index contributed by atoms with van der Waals surface area (Å²) in [5.74, 6) is 0. The fourth-order valence-corrected chi connectivity index (χ4v) is 4.52. The van der Waals surface area contributed by atoms with Crippen molar-refractivity contribution in [3.63, 3.8) is 0 Å². The molecule has 2 aromatic carbocycles. The average Bonchev–Trinajstić information content (AvgIpc) is 2.68. The van der Waals surface area contributed by atoms with Crippen molar-refractivity contribution in [3.05, 3.63) is 77.1 Å². The van der Waals surface area contributed by atoms with Crippen molar-refractivity contribution in [1.29, 1.82) is 0 Å². The molecule has 2 aromatic heterocycles. The Bertz CT molecular complexity index is 1160. The molecule has 5 heteroatoms. The standard InChI is InChI=1S/C23H20ClN3S/c1-14-12-20-23(15(2)22(14)16-8-10-26-11-9-16)18(13-21(27-20)28-25-3)17-6-4-5-7-19(17)24/h4-13,25H,1-3H3. The second kappa shape index (κ2) is 7.92. The minimum Gasteiger partial charge on any atom is -0.265 e. The number of pyridine rings is 2. The Hall–Kier alpha value is -2.40. The minimum absolute atomic E-state index is 0.737. The van der Waals surface area contributed by atoms with Crippen molar-refractivity contribution in [2.24, 2.45) is 0 Å². The highest BCUT2D eigenvalue weighted by atomic mass is 35.5. The van der Waals surface area contributed by atoms with Crippen LogP contribution < -0.4 is 4.72 Å². The Morgan fingerprint density at radius 1 is 0.964 bits per heavy atom. The van der Waals surface area contributed by atoms with E-state index in [1.165, 1.54) is 28.6 Å². The molecule has 0 saturated carbocycles. The van der Waals surface area contributed by atoms with E-state index in [2.05, 4.69) is 53.9 Å². The number of nitrogens with one attached hydrogen (secondary N) is 1. The summed E-state index contributed by atoms with van der Waals surface area (Å²) >= 11 is 8.08. The first-order valence-corrected chi connectivity index (χ1v) is 10.2. The molecule has 0 amide bonds. The van der Waals surface area contributed by atoms with E-state index in [9.17, 15) is 0 Å². The predicted octanol–water partition coefficient (Wildman–Crippen LogP) is 6.46. The number of benzene rings is 2. The molecule has 4 rings (SSSR count). The van der Waals surface area contributed by atoms with Crippen LogP contribution in [0.15, 0.2) is 66.0 Å². The fraction of sp³-hybridized carbons (Fsp3) is 0.130. The zero-order valence-corrected chi connectivity index (χ0v) is 17.5. The SMILES string of the molecule is CNSc1cc(-c2ccccc2Cl)c2c(C)c(-c3ccncc3)c(C)cc2n1. The normalized spacial score (nSPS) is 11.1. The van der Waals surface area contributed by atoms with Gasteiger partial charge in [0.25, 0.3) is 0 Å². The molecule has 0 saturated heterocycles. The average molecular weight is 406 g/mol. The molecule has 4 aromatic rings. The molecule has 2 heterocycles. The smallest absolute Gasteiger partial charge is 0.112 e. The van der Waals surface area contributed by atoms with Crippen molar-refractivity contribution < 1.29 is 0 Å². The maximum Gasteiger partial charge on any atom is 0.112 e. The Kier molecular flexibility index (Phi) is 5.36. The molecule has 0 atom stereocenters. The van der Waals surface area contributed by atoms with Crippen molar-refractivity contribution >= 4 is 34.5 Å². The summed E-state index contributed by atoms with van der Waals surface area (Å²) in [5, 5.41) is 2.78. The van der Waals surface area contributed by atoms with E-state index in [1.54, 1.807) is 0 Å². The van der Waals surface area contributed by atoms with Gasteiger partial charge in [-0.05, 0) is 91.0 Å². The highest BCUT2D eigenvalue weighted by Crippen LogP contribution is 2.40. The maximum absolute atomic E-state index is 6.58. The van der Waals surface area contributed by atoms with Crippen molar-refractivity contribution in [2.45, 2.75) is 18.9 Å². The molecular formula is C23H20ClN3S. The summed E-state index contributed by atoms with van der Waals surface area (Å²) in [6.07, 6.45) is 3.66. The number of halogens is 1. The number of nitrogens with zero attached hydrogens (tertiary/aromatic N) is 2. The van der Waals surface area contributed by atoms with Gasteiger partial charge in [0, 0.05) is 28.4 Å². The van der Waals surface area contributed by atoms with Crippen molar-refractivity contribution in [3.8, 4) is 22.3 Å². The van der Waals surface area contributed by atoms with E-state index in [0.717, 1.165) is 37.6 Å². The van der Waals surface area contributed by atoms with Crippen LogP contribution in [-0.4, -0.2) is 17.0 Å². The third kappa shape index (κ3) is 3.39. The summed E-state index contributed by atoms with van der Waals surface area (Å²) < 4.78 is 3.12. The molecule has 0 aliphatic heterocycles. The van der Waals surface area contributed by atoms with Gasteiger partial charge in [0.1, 0.15) is 5.03 Å². The molecule has 3 nitrogen and oxygen atoms in total. The van der Waals surface area contributed by atoms with Gasteiger partial charge in [-0.15, -0.1) is 0 Å². The molecular weight excluding hydrogens is 386 g/mol. The van der Waals surface area contributed by atoms with E-state index in [0.29, 0.717) is 0 Å². The van der Waals surface area contributed by atoms with Crippen molar-refractivity contribution in [1.82, 2.24) is 14.7 Å². The second-order valence-electron chi connectivity index (χ2n) is 6.62. The molecule has 140 valence electrons. The first-order chi connectivity index (χ1) is 13.6. The number of hydrogen-bond acceptors (Lipinski definition) is 4. The van der Waals surface area contributed by atoms with Gasteiger partial charge in [-0.25, -0.2) is 4.98 Å². The van der Waals surface area contributed by atoms with Crippen LogP contribution in [0, 0.1) is 13.8 Å². The van der Waals surface area contributed by atoms with Crippen molar-refractivity contribution in [2.75, 3.05) is 7.05 Å². The van der Waals surface area contributed by atoms with Gasteiger partial charge in [-0.2, -0.15) is 0 Å². The molecule has 0 radical (unpaired) electrons. The summed E-state index contributed by atoms with van der Waals surface area (Å²) in [6, 6.07) is 16.4. The van der Waals surface area contributed by atoms with Gasteiger partial charge in [-0.1, -0.05) is 29.8 Å². The quantitative estimate of drug-likeness (QED) is 0.395. The minimum atomic E-state index is 0.737. The molecule has 0 aliphatic rings. The highest BCUT2D eigenvalue weighted by molar-refractivity contribution is 7.97. The van der Waals surface area contributed by atoms with Crippen LogP contribution in [0.1, 0.15) is 11.1 Å². The van der Waals surface area contributed by atoms with Gasteiger partial charge < -0.3 is 0 Å². The maximum atomic E-state index is 6.58. The summed E-state index contributed by atoms with van der Waals surface area (Å²) in [4.78, 5) is 9.04. The number of aryl methyl sites for hydroxylation is 2. The van der Waals surface area contributed by atoms with Crippen LogP contribution in [0.4, 0.5) is 0 Å². The molecule has 1 N–H and O–H groups in total. The van der Waals surface area contributed by atoms with E-state index < -0.39 is 0 Å². The third-order valence-electron chi connectivity index (χ3n) is 4.86. The first kappa shape index (κ1) is 18.9. The van der Waals surface area contributed by atoms with E-state index in [4.69, 9.17) is 16.6 Å². The lowest BCUT2D eigenvalue weighted by molar-refractivity contribution is 1.16. The summed E-state index contributed by atoms with van der Waals surface area (Å²) in [6.45, 7) is 4.30. The molecule has 0 spiro atoms. The van der Waals surface area contributed by atoms with Gasteiger partial charge in [-0.3, -0.25) is 9.71 Å². The van der Waals surface area contributed by atoms with Gasteiger partial charge in [0.15, 0.2) is 0 Å². The topological polar surface area (TPSA) is 37.8 Å². The monoisotopic (exact) mass is 405 g/mol. The zero-order valence-electron chi connectivity index (χ0n) is 16.0. The molecule has 0 bridgehead atoms. The lowest BCUT2D eigenvalue weighted by Crippen LogP contribution is -1.98. The van der Waals surface area contributed by atoms with Crippen LogP contribution in [0.5, 0.6) is 0 Å². The highest BCUT2D eigenvalue weighted by Gasteiger charge is 2.17. The lowest BCUT2D eigenvalue weighted by Gasteiger charge is -2.18. The van der Waals surface area contributed by atoms with Gasteiger partial charge >= 0.3 is 0 Å². The first-order valence-electron chi connectivity index (χ1n) is 9.04. The van der Waals surface area contributed by atoms with Crippen LogP contribution >= 0.6 is 23.5 Å². The predicted molar refractivity (Wildman–Crippen MR) is 120 cm³/mol. The van der Waals surface area contributed by atoms with Crippen LogP contribution in [-0.2, 0) is 0 Å². The van der Waals surface area contributed by atoms with Crippen LogP contribution in [0.3, 0.4) is 0 Å². The van der Waals surface area contributed by atoms with E-state index >= 15 is 0 Å². The molecule has 0 unspecified atom stereocenters. The third-order valence-corrected chi connectivity index (χ3v) is 5.81. The van der Waals surface area contributed by atoms with Gasteiger partial charge in [0.05, 0.1) is 5.52 Å². The van der Waals surface area contributed by atoms with E-state index in [-0.39, 0.29) is 0 Å². The zero-order chi connectivity index (χ0) is 19.7. The Labute approximate surface area is 174 Å². The van der Waals surface area contributed by atoms with Crippen LogP contribution in [0.25, 0.3) is 33.2 Å². The molecule has 0 fully saturated rings. The Morgan fingerprint density at radius 2 is 1.71 bits per heavy atom. The van der Waals surface area contributed by atoms with Gasteiger partial charge in [0.2, 0.25) is 0 Å². The number of rotatable bonds is 4. The Balaban J connectivity index is 2.10.